The molecule has 0 radical (unpaired) electrons. The Kier molecular flexibility index (Phi) is 3.40. The lowest BCUT2D eigenvalue weighted by atomic mass is 10.1. The van der Waals surface area contributed by atoms with Crippen LogP contribution in [0.1, 0.15) is 13.8 Å². The lowest BCUT2D eigenvalue weighted by Crippen LogP contribution is -1.83. The van der Waals surface area contributed by atoms with Crippen LogP contribution in [0.3, 0.4) is 0 Å². The highest BCUT2D eigenvalue weighted by atomic mass is 16.1. The maximum Gasteiger partial charge on any atom is 0.149 e. The zero-order chi connectivity index (χ0) is 8.15. The van der Waals surface area contributed by atoms with Crippen molar-refractivity contribution < 1.29 is 4.79 Å². The summed E-state index contributed by atoms with van der Waals surface area (Å²) in [5, 5.41) is 0. The van der Waals surface area contributed by atoms with Crippen molar-refractivity contribution in [2.45, 2.75) is 13.8 Å². The molecule has 0 aromatic carbocycles. The first-order chi connectivity index (χ1) is 4.57. The van der Waals surface area contributed by atoms with Gasteiger partial charge >= 0.3 is 0 Å². The molecule has 0 aliphatic heterocycles. The lowest BCUT2D eigenvalue weighted by Gasteiger charge is -1.95. The van der Waals surface area contributed by atoms with E-state index in [9.17, 15) is 4.79 Å². The average Bonchev–Trinajstić information content (AvgIpc) is 1.85. The van der Waals surface area contributed by atoms with Crippen molar-refractivity contribution in [1.29, 1.82) is 0 Å². The number of aldehydes is 1. The number of hydrogen-bond donors (Lipinski definition) is 0. The first kappa shape index (κ1) is 8.89. The second kappa shape index (κ2) is 3.83. The van der Waals surface area contributed by atoms with Gasteiger partial charge in [0.15, 0.2) is 0 Å². The normalized spacial score (nSPS) is 10.8. The summed E-state index contributed by atoms with van der Waals surface area (Å²) in [6, 6.07) is 0. The summed E-state index contributed by atoms with van der Waals surface area (Å²) in [6.45, 7) is 10.9. The van der Waals surface area contributed by atoms with E-state index in [1.807, 2.05) is 19.9 Å². The molecule has 0 spiro atoms. The molecular formula is C9H12O. The van der Waals surface area contributed by atoms with E-state index in [0.29, 0.717) is 5.57 Å². The van der Waals surface area contributed by atoms with Crippen LogP contribution in [-0.4, -0.2) is 6.29 Å². The maximum atomic E-state index is 10.2. The van der Waals surface area contributed by atoms with Gasteiger partial charge in [-0.25, -0.2) is 0 Å². The fourth-order valence-electron chi connectivity index (χ4n) is 0.555. The molecule has 0 bridgehead atoms. The Labute approximate surface area is 61.8 Å². The molecule has 0 amide bonds. The quantitative estimate of drug-likeness (QED) is 0.330. The van der Waals surface area contributed by atoms with Gasteiger partial charge in [0.1, 0.15) is 6.29 Å². The van der Waals surface area contributed by atoms with Crippen molar-refractivity contribution in [3.8, 4) is 0 Å². The van der Waals surface area contributed by atoms with Crippen molar-refractivity contribution in [3.63, 3.8) is 0 Å². The fourth-order valence-corrected chi connectivity index (χ4v) is 0.555. The zero-order valence-electron chi connectivity index (χ0n) is 6.48. The maximum absolute atomic E-state index is 10.2. The molecule has 0 heterocycles. The lowest BCUT2D eigenvalue weighted by molar-refractivity contribution is -0.104. The number of rotatable bonds is 3. The number of allylic oxidation sites excluding steroid dienone is 4. The molecule has 1 heteroatoms. The van der Waals surface area contributed by atoms with Crippen LogP contribution in [0, 0.1) is 0 Å². The van der Waals surface area contributed by atoms with E-state index >= 15 is 0 Å². The molecule has 0 saturated carbocycles. The predicted molar refractivity (Wildman–Crippen MR) is 43.8 cm³/mol. The summed E-state index contributed by atoms with van der Waals surface area (Å²) in [7, 11) is 0. The minimum atomic E-state index is 0.517. The predicted octanol–water partition coefficient (Wildman–Crippen LogP) is 2.26. The van der Waals surface area contributed by atoms with E-state index in [2.05, 4.69) is 13.2 Å². The smallest absolute Gasteiger partial charge is 0.149 e. The Bertz CT molecular complexity index is 197. The standard InChI is InChI=1S/C9H12O/c1-7(2)5-8(3)9(4)6-10/h5-6H,1,4H2,2-3H3/b8-5-. The van der Waals surface area contributed by atoms with Crippen LogP contribution < -0.4 is 0 Å². The third kappa shape index (κ3) is 3.02. The summed E-state index contributed by atoms with van der Waals surface area (Å²) >= 11 is 0. The van der Waals surface area contributed by atoms with Crippen molar-refractivity contribution in [2.75, 3.05) is 0 Å². The molecule has 0 aromatic rings. The van der Waals surface area contributed by atoms with Crippen LogP contribution in [0.25, 0.3) is 0 Å². The molecule has 1 nitrogen and oxygen atoms in total. The highest BCUT2D eigenvalue weighted by Gasteiger charge is 1.92. The number of carbonyl (C=O) groups is 1. The molecule has 0 N–H and O–H groups in total. The molecule has 0 saturated heterocycles. The van der Waals surface area contributed by atoms with E-state index in [0.717, 1.165) is 17.4 Å². The van der Waals surface area contributed by atoms with Crippen LogP contribution in [0.4, 0.5) is 0 Å². The summed E-state index contributed by atoms with van der Waals surface area (Å²) in [4.78, 5) is 10.2. The van der Waals surface area contributed by atoms with Crippen LogP contribution in [0.2, 0.25) is 0 Å². The summed E-state index contributed by atoms with van der Waals surface area (Å²) in [5.41, 5.74) is 2.33. The van der Waals surface area contributed by atoms with E-state index in [-0.39, 0.29) is 0 Å². The third-order valence-electron chi connectivity index (χ3n) is 1.11. The molecule has 54 valence electrons. The van der Waals surface area contributed by atoms with Gasteiger partial charge in [-0.2, -0.15) is 0 Å². The molecule has 0 fully saturated rings. The zero-order valence-corrected chi connectivity index (χ0v) is 6.48. The van der Waals surface area contributed by atoms with Crippen molar-refractivity contribution in [1.82, 2.24) is 0 Å². The topological polar surface area (TPSA) is 17.1 Å². The molecule has 10 heavy (non-hydrogen) atoms. The van der Waals surface area contributed by atoms with E-state index in [1.54, 1.807) is 0 Å². The summed E-state index contributed by atoms with van der Waals surface area (Å²) in [6.07, 6.45) is 2.57. The second-order valence-electron chi connectivity index (χ2n) is 2.32. The van der Waals surface area contributed by atoms with Crippen LogP contribution in [-0.2, 0) is 4.79 Å². The van der Waals surface area contributed by atoms with E-state index in [4.69, 9.17) is 0 Å². The summed E-state index contributed by atoms with van der Waals surface area (Å²) < 4.78 is 0. The van der Waals surface area contributed by atoms with Gasteiger partial charge in [0.25, 0.3) is 0 Å². The first-order valence-electron chi connectivity index (χ1n) is 3.06. The fraction of sp³-hybridized carbons (Fsp3) is 0.222. The second-order valence-corrected chi connectivity index (χ2v) is 2.32. The Morgan fingerprint density at radius 1 is 1.30 bits per heavy atom. The summed E-state index contributed by atoms with van der Waals surface area (Å²) in [5.74, 6) is 0. The minimum absolute atomic E-state index is 0.517. The van der Waals surface area contributed by atoms with Crippen molar-refractivity contribution in [3.05, 3.63) is 36.0 Å². The van der Waals surface area contributed by atoms with Gasteiger partial charge in [0.05, 0.1) is 0 Å². The largest absolute Gasteiger partial charge is 0.298 e. The van der Waals surface area contributed by atoms with Gasteiger partial charge in [0.2, 0.25) is 0 Å². The van der Waals surface area contributed by atoms with Gasteiger partial charge in [-0.05, 0) is 19.4 Å². The third-order valence-corrected chi connectivity index (χ3v) is 1.11. The van der Waals surface area contributed by atoms with Gasteiger partial charge < -0.3 is 0 Å². The van der Waals surface area contributed by atoms with Crippen LogP contribution in [0.15, 0.2) is 36.0 Å². The number of carbonyl (C=O) groups excluding carboxylic acids is 1. The highest BCUT2D eigenvalue weighted by molar-refractivity contribution is 5.78. The highest BCUT2D eigenvalue weighted by Crippen LogP contribution is 2.05. The molecule has 0 rings (SSSR count). The van der Waals surface area contributed by atoms with E-state index < -0.39 is 0 Å². The Morgan fingerprint density at radius 3 is 2.10 bits per heavy atom. The van der Waals surface area contributed by atoms with Gasteiger partial charge in [-0.3, -0.25) is 4.79 Å². The van der Waals surface area contributed by atoms with E-state index in [1.165, 1.54) is 0 Å². The van der Waals surface area contributed by atoms with Gasteiger partial charge in [-0.15, -0.1) is 0 Å². The van der Waals surface area contributed by atoms with Crippen LogP contribution in [0.5, 0.6) is 0 Å². The number of hydrogen-bond acceptors (Lipinski definition) is 1. The molecule has 0 unspecified atom stereocenters. The minimum Gasteiger partial charge on any atom is -0.298 e. The first-order valence-corrected chi connectivity index (χ1v) is 3.06. The SMILES string of the molecule is C=C(C)/C=C(/C)C(=C)C=O. The Morgan fingerprint density at radius 2 is 1.80 bits per heavy atom. The molecule has 0 aromatic heterocycles. The molecule has 0 aliphatic carbocycles. The molecule has 0 atom stereocenters. The Hall–Kier alpha value is -1.11. The van der Waals surface area contributed by atoms with Gasteiger partial charge in [0, 0.05) is 5.57 Å². The molecular weight excluding hydrogens is 124 g/mol. The average molecular weight is 136 g/mol. The van der Waals surface area contributed by atoms with Crippen molar-refractivity contribution >= 4 is 6.29 Å². The Balaban J connectivity index is 4.33. The van der Waals surface area contributed by atoms with Gasteiger partial charge in [-0.1, -0.05) is 24.8 Å². The molecule has 0 aliphatic rings. The van der Waals surface area contributed by atoms with Crippen molar-refractivity contribution in [2.24, 2.45) is 0 Å². The van der Waals surface area contributed by atoms with Crippen LogP contribution >= 0.6 is 0 Å². The monoisotopic (exact) mass is 136 g/mol.